The van der Waals surface area contributed by atoms with E-state index in [4.69, 9.17) is 5.26 Å². The first-order valence-electron chi connectivity index (χ1n) is 7.19. The molecule has 2 aromatic rings. The van der Waals surface area contributed by atoms with Gasteiger partial charge < -0.3 is 5.32 Å². The normalized spacial score (nSPS) is 11.9. The molecule has 1 N–H and O–H groups in total. The Kier molecular flexibility index (Phi) is 5.08. The van der Waals surface area contributed by atoms with Crippen molar-refractivity contribution in [3.05, 3.63) is 59.4 Å². The summed E-state index contributed by atoms with van der Waals surface area (Å²) in [4.78, 5) is 0. The van der Waals surface area contributed by atoms with E-state index in [0.29, 0.717) is 11.1 Å². The number of hydrogen-bond acceptors (Lipinski definition) is 2. The first-order chi connectivity index (χ1) is 10.2. The summed E-state index contributed by atoms with van der Waals surface area (Å²) in [6, 6.07) is 14.5. The van der Waals surface area contributed by atoms with Gasteiger partial charge in [0.05, 0.1) is 11.6 Å². The Morgan fingerprint density at radius 2 is 2.05 bits per heavy atom. The Morgan fingerprint density at radius 1 is 1.24 bits per heavy atom. The van der Waals surface area contributed by atoms with Crippen LogP contribution in [0.1, 0.15) is 37.4 Å². The minimum Gasteiger partial charge on any atom is -0.310 e. The summed E-state index contributed by atoms with van der Waals surface area (Å²) in [6.07, 6.45) is 1.06. The van der Waals surface area contributed by atoms with Gasteiger partial charge in [-0.05, 0) is 55.3 Å². The molecule has 2 aromatic carbocycles. The molecule has 0 amide bonds. The Labute approximate surface area is 125 Å². The average molecular weight is 282 g/mol. The van der Waals surface area contributed by atoms with Crippen molar-refractivity contribution in [1.29, 1.82) is 5.26 Å². The van der Waals surface area contributed by atoms with Crippen molar-refractivity contribution in [1.82, 2.24) is 5.32 Å². The van der Waals surface area contributed by atoms with Gasteiger partial charge in [0.15, 0.2) is 0 Å². The van der Waals surface area contributed by atoms with Crippen molar-refractivity contribution in [2.75, 3.05) is 6.54 Å². The molecule has 0 spiro atoms. The Morgan fingerprint density at radius 3 is 2.76 bits per heavy atom. The van der Waals surface area contributed by atoms with Gasteiger partial charge in [0.2, 0.25) is 0 Å². The van der Waals surface area contributed by atoms with E-state index in [2.05, 4.69) is 25.2 Å². The lowest BCUT2D eigenvalue weighted by Crippen LogP contribution is -2.19. The van der Waals surface area contributed by atoms with Gasteiger partial charge in [0.25, 0.3) is 0 Å². The molecular formula is C18H19FN2. The zero-order chi connectivity index (χ0) is 15.2. The fraction of sp³-hybridized carbons (Fsp3) is 0.278. The van der Waals surface area contributed by atoms with E-state index in [-0.39, 0.29) is 11.9 Å². The third kappa shape index (κ3) is 3.68. The fourth-order valence-corrected chi connectivity index (χ4v) is 2.27. The van der Waals surface area contributed by atoms with E-state index in [1.54, 1.807) is 24.3 Å². The highest BCUT2D eigenvalue weighted by Gasteiger charge is 2.10. The molecule has 0 heterocycles. The quantitative estimate of drug-likeness (QED) is 0.881. The van der Waals surface area contributed by atoms with E-state index in [1.165, 1.54) is 6.07 Å². The molecule has 3 heteroatoms. The van der Waals surface area contributed by atoms with Gasteiger partial charge in [-0.1, -0.05) is 25.1 Å². The summed E-state index contributed by atoms with van der Waals surface area (Å²) < 4.78 is 14.1. The molecule has 2 rings (SSSR count). The topological polar surface area (TPSA) is 35.8 Å². The second-order valence-electron chi connectivity index (χ2n) is 5.11. The highest BCUT2D eigenvalue weighted by atomic mass is 19.1. The molecule has 0 aliphatic carbocycles. The number of nitrogens with one attached hydrogen (secondary N) is 1. The van der Waals surface area contributed by atoms with Gasteiger partial charge in [0, 0.05) is 11.6 Å². The van der Waals surface area contributed by atoms with E-state index >= 15 is 0 Å². The molecule has 0 aliphatic heterocycles. The minimum absolute atomic E-state index is 0.170. The Balaban J connectivity index is 2.37. The highest BCUT2D eigenvalue weighted by Crippen LogP contribution is 2.27. The van der Waals surface area contributed by atoms with E-state index in [9.17, 15) is 4.39 Å². The second kappa shape index (κ2) is 7.01. The van der Waals surface area contributed by atoms with Crippen molar-refractivity contribution >= 4 is 0 Å². The van der Waals surface area contributed by atoms with Gasteiger partial charge in [-0.2, -0.15) is 5.26 Å². The number of halogens is 1. The Hall–Kier alpha value is -2.18. The monoisotopic (exact) mass is 282 g/mol. The number of hydrogen-bond donors (Lipinski definition) is 1. The molecule has 1 atom stereocenters. The molecule has 0 aromatic heterocycles. The highest BCUT2D eigenvalue weighted by molar-refractivity contribution is 5.66. The predicted octanol–water partition coefficient (Wildman–Crippen LogP) is 4.42. The number of rotatable bonds is 5. The summed E-state index contributed by atoms with van der Waals surface area (Å²) in [5, 5.41) is 12.4. The van der Waals surface area contributed by atoms with Crippen LogP contribution in [0, 0.1) is 17.1 Å². The van der Waals surface area contributed by atoms with Crippen LogP contribution in [-0.4, -0.2) is 6.54 Å². The summed E-state index contributed by atoms with van der Waals surface area (Å²) in [5.74, 6) is -0.267. The summed E-state index contributed by atoms with van der Waals surface area (Å²) in [6.45, 7) is 5.11. The molecule has 0 saturated carbocycles. The van der Waals surface area contributed by atoms with Crippen LogP contribution in [0.4, 0.5) is 4.39 Å². The standard InChI is InChI=1S/C18H19FN2/c1-3-9-21-13(2)15-7-8-18(19)17(11-15)16-6-4-5-14(10-16)12-20/h4-8,10-11,13,21H,3,9H2,1-2H3. The van der Waals surface area contributed by atoms with Crippen molar-refractivity contribution < 1.29 is 4.39 Å². The van der Waals surface area contributed by atoms with Crippen LogP contribution in [-0.2, 0) is 0 Å². The van der Waals surface area contributed by atoms with E-state index in [1.807, 2.05) is 12.1 Å². The van der Waals surface area contributed by atoms with Gasteiger partial charge in [-0.3, -0.25) is 0 Å². The molecule has 0 radical (unpaired) electrons. The molecule has 2 nitrogen and oxygen atoms in total. The van der Waals surface area contributed by atoms with Crippen molar-refractivity contribution in [2.24, 2.45) is 0 Å². The molecule has 0 fully saturated rings. The molecule has 1 unspecified atom stereocenters. The summed E-state index contributed by atoms with van der Waals surface area (Å²) in [5.41, 5.74) is 2.85. The van der Waals surface area contributed by atoms with Gasteiger partial charge >= 0.3 is 0 Å². The molecule has 21 heavy (non-hydrogen) atoms. The summed E-state index contributed by atoms with van der Waals surface area (Å²) in [7, 11) is 0. The third-order valence-electron chi connectivity index (χ3n) is 3.49. The van der Waals surface area contributed by atoms with E-state index in [0.717, 1.165) is 24.1 Å². The lowest BCUT2D eigenvalue weighted by atomic mass is 9.98. The SMILES string of the molecule is CCCNC(C)c1ccc(F)c(-c2cccc(C#N)c2)c1. The first-order valence-corrected chi connectivity index (χ1v) is 7.19. The van der Waals surface area contributed by atoms with Crippen molar-refractivity contribution in [2.45, 2.75) is 26.3 Å². The van der Waals surface area contributed by atoms with Crippen molar-refractivity contribution in [3.8, 4) is 17.2 Å². The largest absolute Gasteiger partial charge is 0.310 e. The smallest absolute Gasteiger partial charge is 0.131 e. The Bertz CT molecular complexity index is 659. The molecule has 0 aliphatic rings. The van der Waals surface area contributed by atoms with Gasteiger partial charge in [0.1, 0.15) is 5.82 Å². The molecule has 0 bridgehead atoms. The number of benzene rings is 2. The maximum atomic E-state index is 14.1. The summed E-state index contributed by atoms with van der Waals surface area (Å²) >= 11 is 0. The van der Waals surface area contributed by atoms with Crippen LogP contribution in [0.3, 0.4) is 0 Å². The van der Waals surface area contributed by atoms with Crippen LogP contribution in [0.2, 0.25) is 0 Å². The number of nitrogens with zero attached hydrogens (tertiary/aromatic N) is 1. The van der Waals surface area contributed by atoms with Crippen molar-refractivity contribution in [3.63, 3.8) is 0 Å². The zero-order valence-electron chi connectivity index (χ0n) is 12.4. The van der Waals surface area contributed by atoms with Crippen LogP contribution in [0.15, 0.2) is 42.5 Å². The molecular weight excluding hydrogens is 263 g/mol. The minimum atomic E-state index is -0.267. The third-order valence-corrected chi connectivity index (χ3v) is 3.49. The lowest BCUT2D eigenvalue weighted by Gasteiger charge is -2.15. The average Bonchev–Trinajstić information content (AvgIpc) is 2.53. The lowest BCUT2D eigenvalue weighted by molar-refractivity contribution is 0.568. The van der Waals surface area contributed by atoms with Gasteiger partial charge in [-0.25, -0.2) is 4.39 Å². The number of nitriles is 1. The molecule has 0 saturated heterocycles. The fourth-order valence-electron chi connectivity index (χ4n) is 2.27. The maximum absolute atomic E-state index is 14.1. The maximum Gasteiger partial charge on any atom is 0.131 e. The van der Waals surface area contributed by atoms with Gasteiger partial charge in [-0.15, -0.1) is 0 Å². The van der Waals surface area contributed by atoms with Crippen LogP contribution in [0.25, 0.3) is 11.1 Å². The first kappa shape index (κ1) is 15.2. The van der Waals surface area contributed by atoms with Crippen LogP contribution >= 0.6 is 0 Å². The van der Waals surface area contributed by atoms with E-state index < -0.39 is 0 Å². The van der Waals surface area contributed by atoms with Crippen LogP contribution in [0.5, 0.6) is 0 Å². The predicted molar refractivity (Wildman–Crippen MR) is 83.3 cm³/mol. The van der Waals surface area contributed by atoms with Crippen LogP contribution < -0.4 is 5.32 Å². The zero-order valence-corrected chi connectivity index (χ0v) is 12.4. The molecule has 108 valence electrons. The second-order valence-corrected chi connectivity index (χ2v) is 5.11.